The van der Waals surface area contributed by atoms with Gasteiger partial charge in [0.05, 0.1) is 23.0 Å². The Kier molecular flexibility index (Phi) is 8.05. The highest BCUT2D eigenvalue weighted by Gasteiger charge is 2.39. The van der Waals surface area contributed by atoms with Crippen molar-refractivity contribution in [3.63, 3.8) is 0 Å². The number of pyridine rings is 2. The maximum atomic E-state index is 15.5. The number of carbonyl (C=O) groups is 1. The first kappa shape index (κ1) is 30.9. The van der Waals surface area contributed by atoms with Gasteiger partial charge in [-0.25, -0.2) is 8.78 Å². The Morgan fingerprint density at radius 3 is 2.46 bits per heavy atom. The summed E-state index contributed by atoms with van der Waals surface area (Å²) in [6.45, 7) is 2.81. The van der Waals surface area contributed by atoms with Crippen molar-refractivity contribution in [3.8, 4) is 40.2 Å². The minimum Gasteiger partial charge on any atom is -0.493 e. The van der Waals surface area contributed by atoms with Crippen LogP contribution in [0.2, 0.25) is 0 Å². The molecule has 2 aromatic heterocycles. The lowest BCUT2D eigenvalue weighted by Crippen LogP contribution is -2.30. The number of hydrogen-bond donors (Lipinski definition) is 2. The first-order valence-corrected chi connectivity index (χ1v) is 15.3. The van der Waals surface area contributed by atoms with Gasteiger partial charge in [0.15, 0.2) is 23.1 Å². The van der Waals surface area contributed by atoms with Gasteiger partial charge in [0.25, 0.3) is 11.5 Å². The van der Waals surface area contributed by atoms with E-state index >= 15 is 4.39 Å². The van der Waals surface area contributed by atoms with Crippen molar-refractivity contribution in [3.05, 3.63) is 101 Å². The van der Waals surface area contributed by atoms with E-state index in [9.17, 15) is 14.0 Å². The summed E-state index contributed by atoms with van der Waals surface area (Å²) in [6, 6.07) is 13.8. The lowest BCUT2D eigenvalue weighted by atomic mass is 10.1. The average molecular weight is 657 g/mol. The molecule has 48 heavy (non-hydrogen) atoms. The topological polar surface area (TPSA) is 136 Å². The summed E-state index contributed by atoms with van der Waals surface area (Å²) in [5, 5.41) is 3.03. The Morgan fingerprint density at radius 2 is 1.73 bits per heavy atom. The van der Waals surface area contributed by atoms with E-state index in [1.807, 2.05) is 0 Å². The fourth-order valence-electron chi connectivity index (χ4n) is 5.28. The molecule has 3 heterocycles. The molecule has 13 heteroatoms. The first-order valence-electron chi connectivity index (χ1n) is 15.3. The second kappa shape index (κ2) is 12.5. The second-order valence-corrected chi connectivity index (χ2v) is 11.4. The number of hydrogen-bond acceptors (Lipinski definition) is 9. The number of nitrogens with zero attached hydrogens (tertiary/aromatic N) is 2. The van der Waals surface area contributed by atoms with Crippen LogP contribution >= 0.6 is 0 Å². The van der Waals surface area contributed by atoms with Crippen molar-refractivity contribution in [2.75, 3.05) is 31.7 Å². The van der Waals surface area contributed by atoms with E-state index in [4.69, 9.17) is 29.4 Å². The van der Waals surface area contributed by atoms with Crippen molar-refractivity contribution < 1.29 is 37.3 Å². The molecule has 3 N–H and O–H groups in total. The molecule has 1 aliphatic carbocycles. The van der Waals surface area contributed by atoms with Crippen LogP contribution in [0.15, 0.2) is 77.9 Å². The standard InChI is InChI=1S/C35H30F2N4O7/c1-2-44-26-10-14-41(22-6-3-20(36)4-7-22)34(43)30(26)33(42)40-21-5-8-25(23(37)17-21)48-27-9-13-39-24-18-28(47-19-35(38)11-12-35)31-32(29(24)27)46-16-15-45-31/h3-10,13-14,17-18H,2,11-12,15-16,19,38H2,1H3,(H,40,42). The van der Waals surface area contributed by atoms with E-state index in [1.165, 1.54) is 59.4 Å². The quantitative estimate of drug-likeness (QED) is 0.193. The van der Waals surface area contributed by atoms with E-state index in [-0.39, 0.29) is 47.3 Å². The molecule has 1 saturated carbocycles. The lowest BCUT2D eigenvalue weighted by molar-refractivity contribution is 0.102. The molecule has 5 aromatic rings. The number of halogens is 2. The number of amides is 1. The molecule has 0 saturated heterocycles. The van der Waals surface area contributed by atoms with Crippen molar-refractivity contribution in [1.29, 1.82) is 0 Å². The number of nitrogens with one attached hydrogen (secondary N) is 1. The van der Waals surface area contributed by atoms with Crippen molar-refractivity contribution >= 4 is 22.5 Å². The number of nitrogens with two attached hydrogens (primary N) is 1. The van der Waals surface area contributed by atoms with Gasteiger partial charge >= 0.3 is 0 Å². The molecule has 11 nitrogen and oxygen atoms in total. The zero-order chi connectivity index (χ0) is 33.4. The summed E-state index contributed by atoms with van der Waals surface area (Å²) < 4.78 is 59.6. The summed E-state index contributed by atoms with van der Waals surface area (Å²) in [5.41, 5.74) is 5.74. The molecule has 2 aliphatic rings. The normalized spacial score (nSPS) is 14.3. The van der Waals surface area contributed by atoms with Gasteiger partial charge in [-0.15, -0.1) is 0 Å². The SMILES string of the molecule is CCOc1ccn(-c2ccc(F)cc2)c(=O)c1C(=O)Nc1ccc(Oc2ccnc3cc(OCC4(N)CC4)c4c(c23)OCCO4)c(F)c1. The van der Waals surface area contributed by atoms with Crippen molar-refractivity contribution in [1.82, 2.24) is 9.55 Å². The number of ether oxygens (including phenoxy) is 5. The maximum absolute atomic E-state index is 15.5. The second-order valence-electron chi connectivity index (χ2n) is 11.4. The molecule has 0 radical (unpaired) electrons. The molecule has 246 valence electrons. The number of fused-ring (bicyclic) bond motifs is 3. The number of carbonyl (C=O) groups excluding carboxylic acids is 1. The highest BCUT2D eigenvalue weighted by Crippen LogP contribution is 2.49. The van der Waals surface area contributed by atoms with Crippen LogP contribution in [0.5, 0.6) is 34.5 Å². The van der Waals surface area contributed by atoms with Crippen LogP contribution in [0.1, 0.15) is 30.1 Å². The third-order valence-electron chi connectivity index (χ3n) is 7.95. The zero-order valence-corrected chi connectivity index (χ0v) is 25.8. The molecule has 1 aliphatic heterocycles. The minimum absolute atomic E-state index is 0.0431. The number of rotatable bonds is 10. The van der Waals surface area contributed by atoms with Crippen LogP contribution in [-0.4, -0.2) is 47.4 Å². The van der Waals surface area contributed by atoms with E-state index in [2.05, 4.69) is 10.3 Å². The average Bonchev–Trinajstić information content (AvgIpc) is 3.82. The van der Waals surface area contributed by atoms with E-state index in [0.29, 0.717) is 47.1 Å². The molecule has 0 unspecified atom stereocenters. The molecule has 7 rings (SSSR count). The molecule has 0 bridgehead atoms. The molecule has 0 spiro atoms. The number of anilines is 1. The fraction of sp³-hybridized carbons (Fsp3) is 0.229. The van der Waals surface area contributed by atoms with Gasteiger partial charge in [0, 0.05) is 35.9 Å². The molecular weight excluding hydrogens is 626 g/mol. The number of benzene rings is 3. The van der Waals surface area contributed by atoms with Gasteiger partial charge < -0.3 is 34.7 Å². The van der Waals surface area contributed by atoms with Gasteiger partial charge in [-0.3, -0.25) is 19.1 Å². The first-order chi connectivity index (χ1) is 23.2. The molecule has 3 aromatic carbocycles. The van der Waals surface area contributed by atoms with Gasteiger partial charge in [-0.2, -0.15) is 0 Å². The Labute approximate surface area is 272 Å². The lowest BCUT2D eigenvalue weighted by Gasteiger charge is -2.24. The summed E-state index contributed by atoms with van der Waals surface area (Å²) in [6.07, 6.45) is 4.70. The third-order valence-corrected chi connectivity index (χ3v) is 7.95. The Morgan fingerprint density at radius 1 is 0.958 bits per heavy atom. The Hall–Kier alpha value is -5.69. The summed E-state index contributed by atoms with van der Waals surface area (Å²) in [7, 11) is 0. The highest BCUT2D eigenvalue weighted by molar-refractivity contribution is 6.06. The van der Waals surface area contributed by atoms with Crippen LogP contribution in [0.3, 0.4) is 0 Å². The maximum Gasteiger partial charge on any atom is 0.271 e. The van der Waals surface area contributed by atoms with Gasteiger partial charge in [0.1, 0.15) is 42.7 Å². The van der Waals surface area contributed by atoms with Crippen LogP contribution in [0, 0.1) is 11.6 Å². The van der Waals surface area contributed by atoms with Gasteiger partial charge in [-0.05, 0) is 68.3 Å². The van der Waals surface area contributed by atoms with Gasteiger partial charge in [-0.1, -0.05) is 0 Å². The summed E-state index contributed by atoms with van der Waals surface area (Å²) in [4.78, 5) is 31.3. The van der Waals surface area contributed by atoms with Crippen LogP contribution in [-0.2, 0) is 0 Å². The van der Waals surface area contributed by atoms with E-state index < -0.39 is 23.1 Å². The number of aromatic nitrogens is 2. The smallest absolute Gasteiger partial charge is 0.271 e. The zero-order valence-electron chi connectivity index (χ0n) is 25.8. The van der Waals surface area contributed by atoms with E-state index in [1.54, 1.807) is 19.1 Å². The molecule has 1 fully saturated rings. The largest absolute Gasteiger partial charge is 0.493 e. The summed E-state index contributed by atoms with van der Waals surface area (Å²) >= 11 is 0. The third kappa shape index (κ3) is 6.07. The van der Waals surface area contributed by atoms with Gasteiger partial charge in [0.2, 0.25) is 5.75 Å². The van der Waals surface area contributed by atoms with Crippen molar-refractivity contribution in [2.24, 2.45) is 5.73 Å². The molecular formula is C35H30F2N4O7. The predicted octanol–water partition coefficient (Wildman–Crippen LogP) is 5.75. The van der Waals surface area contributed by atoms with E-state index in [0.717, 1.165) is 18.9 Å². The van der Waals surface area contributed by atoms with Crippen LogP contribution < -0.4 is 40.3 Å². The minimum atomic E-state index is -0.822. The Bertz CT molecular complexity index is 2100. The van der Waals surface area contributed by atoms with Crippen LogP contribution in [0.25, 0.3) is 16.6 Å². The predicted molar refractivity (Wildman–Crippen MR) is 172 cm³/mol. The van der Waals surface area contributed by atoms with Crippen LogP contribution in [0.4, 0.5) is 14.5 Å². The Balaban J connectivity index is 1.16. The molecule has 0 atom stereocenters. The molecule has 1 amide bonds. The van der Waals surface area contributed by atoms with Crippen molar-refractivity contribution in [2.45, 2.75) is 25.3 Å². The highest BCUT2D eigenvalue weighted by atomic mass is 19.1. The summed E-state index contributed by atoms with van der Waals surface area (Å²) in [5.74, 6) is -0.728. The monoisotopic (exact) mass is 656 g/mol. The fourth-order valence-corrected chi connectivity index (χ4v) is 5.28.